The summed E-state index contributed by atoms with van der Waals surface area (Å²) in [5.41, 5.74) is 1.39. The lowest BCUT2D eigenvalue weighted by Gasteiger charge is -2.09. The molecule has 0 amide bonds. The van der Waals surface area contributed by atoms with Gasteiger partial charge in [0.15, 0.2) is 6.61 Å². The molecule has 3 aromatic heterocycles. The highest BCUT2D eigenvalue weighted by Crippen LogP contribution is 2.21. The summed E-state index contributed by atoms with van der Waals surface area (Å²) in [5.74, 6) is -0.0868. The highest BCUT2D eigenvalue weighted by molar-refractivity contribution is 6.34. The number of hydrogen-bond donors (Lipinski definition) is 0. The first-order valence-electron chi connectivity index (χ1n) is 6.53. The van der Waals surface area contributed by atoms with Gasteiger partial charge in [-0.3, -0.25) is 4.68 Å². The van der Waals surface area contributed by atoms with Crippen LogP contribution in [0.25, 0.3) is 10.9 Å². The maximum absolute atomic E-state index is 12.2. The molecule has 0 saturated carbocycles. The van der Waals surface area contributed by atoms with E-state index in [1.54, 1.807) is 29.2 Å². The molecular weight excluding hydrogens is 333 g/mol. The molecule has 0 aromatic carbocycles. The van der Waals surface area contributed by atoms with Crippen molar-refractivity contribution in [2.75, 3.05) is 6.61 Å². The smallest absolute Gasteiger partial charge is 0.422 e. The molecule has 9 heteroatoms. The van der Waals surface area contributed by atoms with Crippen molar-refractivity contribution in [1.29, 1.82) is 0 Å². The maximum atomic E-state index is 12.2. The fourth-order valence-corrected chi connectivity index (χ4v) is 2.21. The van der Waals surface area contributed by atoms with Gasteiger partial charge < -0.3 is 4.74 Å². The molecule has 3 aromatic rings. The molecule has 0 saturated heterocycles. The molecule has 0 atom stereocenters. The van der Waals surface area contributed by atoms with Crippen molar-refractivity contribution < 1.29 is 17.9 Å². The van der Waals surface area contributed by atoms with Crippen LogP contribution in [0.5, 0.6) is 5.88 Å². The number of halogens is 4. The first-order chi connectivity index (χ1) is 10.9. The summed E-state index contributed by atoms with van der Waals surface area (Å²) in [4.78, 5) is 7.72. The highest BCUT2D eigenvalue weighted by Gasteiger charge is 2.28. The van der Waals surface area contributed by atoms with Crippen molar-refractivity contribution in [2.45, 2.75) is 12.7 Å². The number of ether oxygens (including phenoxy) is 1. The third-order valence-corrected chi connectivity index (χ3v) is 3.26. The van der Waals surface area contributed by atoms with Crippen LogP contribution in [0.15, 0.2) is 36.8 Å². The number of hydrogen-bond acceptors (Lipinski definition) is 4. The zero-order valence-electron chi connectivity index (χ0n) is 11.6. The standard InChI is InChI=1S/C14H10ClF3N4O/c15-13-10-7-22(21-11(10)2-4-20-13)6-9-1-3-19-12(5-9)23-8-14(16,17)18/h1-5,7H,6,8H2. The predicted molar refractivity (Wildman–Crippen MR) is 77.4 cm³/mol. The Labute approximate surface area is 133 Å². The topological polar surface area (TPSA) is 52.8 Å². The molecule has 0 unspecified atom stereocenters. The van der Waals surface area contributed by atoms with E-state index in [4.69, 9.17) is 11.6 Å². The van der Waals surface area contributed by atoms with E-state index in [1.807, 2.05) is 0 Å². The lowest BCUT2D eigenvalue weighted by Crippen LogP contribution is -2.19. The Bertz CT molecular complexity index is 834. The van der Waals surface area contributed by atoms with E-state index in [-0.39, 0.29) is 5.88 Å². The molecule has 0 N–H and O–H groups in total. The van der Waals surface area contributed by atoms with Gasteiger partial charge in [-0.1, -0.05) is 11.6 Å². The predicted octanol–water partition coefficient (Wildman–Crippen LogP) is 3.47. The second-order valence-electron chi connectivity index (χ2n) is 4.77. The van der Waals surface area contributed by atoms with Crippen molar-refractivity contribution in [1.82, 2.24) is 19.7 Å². The lowest BCUT2D eigenvalue weighted by atomic mass is 10.2. The minimum Gasteiger partial charge on any atom is -0.468 e. The Morgan fingerprint density at radius 2 is 1.96 bits per heavy atom. The van der Waals surface area contributed by atoms with Gasteiger partial charge in [0.05, 0.1) is 17.4 Å². The quantitative estimate of drug-likeness (QED) is 0.681. The lowest BCUT2D eigenvalue weighted by molar-refractivity contribution is -0.154. The molecule has 0 fully saturated rings. The van der Waals surface area contributed by atoms with Crippen LogP contribution < -0.4 is 4.74 Å². The Kier molecular flexibility index (Phi) is 4.08. The SMILES string of the molecule is FC(F)(F)COc1cc(Cn2cc3c(Cl)nccc3n2)ccn1. The van der Waals surface area contributed by atoms with Crippen LogP contribution in [0.2, 0.25) is 5.15 Å². The van der Waals surface area contributed by atoms with Crippen LogP contribution in [0.3, 0.4) is 0 Å². The van der Waals surface area contributed by atoms with Gasteiger partial charge in [0.25, 0.3) is 0 Å². The van der Waals surface area contributed by atoms with Gasteiger partial charge in [-0.2, -0.15) is 18.3 Å². The largest absolute Gasteiger partial charge is 0.468 e. The average molecular weight is 343 g/mol. The number of rotatable bonds is 4. The van der Waals surface area contributed by atoms with Gasteiger partial charge in [0.1, 0.15) is 5.15 Å². The molecule has 5 nitrogen and oxygen atoms in total. The van der Waals surface area contributed by atoms with E-state index in [9.17, 15) is 13.2 Å². The van der Waals surface area contributed by atoms with Gasteiger partial charge in [-0.25, -0.2) is 9.97 Å². The van der Waals surface area contributed by atoms with Crippen molar-refractivity contribution in [2.24, 2.45) is 0 Å². The molecule has 23 heavy (non-hydrogen) atoms. The number of aromatic nitrogens is 4. The molecule has 0 spiro atoms. The van der Waals surface area contributed by atoms with Crippen molar-refractivity contribution in [3.05, 3.63) is 47.5 Å². The molecule has 120 valence electrons. The molecule has 0 radical (unpaired) electrons. The van der Waals surface area contributed by atoms with Crippen LogP contribution in [-0.2, 0) is 6.54 Å². The zero-order valence-corrected chi connectivity index (χ0v) is 12.3. The summed E-state index contributed by atoms with van der Waals surface area (Å²) in [6.45, 7) is -1.04. The van der Waals surface area contributed by atoms with E-state index >= 15 is 0 Å². The monoisotopic (exact) mass is 342 g/mol. The minimum absolute atomic E-state index is 0.0868. The number of pyridine rings is 2. The van der Waals surface area contributed by atoms with E-state index in [0.717, 1.165) is 0 Å². The molecule has 0 bridgehead atoms. The normalized spacial score (nSPS) is 11.8. The number of nitrogens with zero attached hydrogens (tertiary/aromatic N) is 4. The highest BCUT2D eigenvalue weighted by atomic mass is 35.5. The van der Waals surface area contributed by atoms with E-state index in [1.165, 1.54) is 12.3 Å². The molecule has 0 aliphatic carbocycles. The molecule has 3 rings (SSSR count). The van der Waals surface area contributed by atoms with Crippen LogP contribution in [0.1, 0.15) is 5.56 Å². The average Bonchev–Trinajstić information content (AvgIpc) is 2.89. The molecule has 0 aliphatic heterocycles. The Balaban J connectivity index is 1.77. The number of alkyl halides is 3. The molecule has 3 heterocycles. The second kappa shape index (κ2) is 6.04. The summed E-state index contributed by atoms with van der Waals surface area (Å²) in [6, 6.07) is 4.84. The van der Waals surface area contributed by atoms with Crippen LogP contribution in [0.4, 0.5) is 13.2 Å². The fraction of sp³-hybridized carbons (Fsp3) is 0.214. The summed E-state index contributed by atoms with van der Waals surface area (Å²) in [5, 5.41) is 5.39. The summed E-state index contributed by atoms with van der Waals surface area (Å²) in [6.07, 6.45) is 0.263. The van der Waals surface area contributed by atoms with Gasteiger partial charge in [-0.15, -0.1) is 0 Å². The van der Waals surface area contributed by atoms with Gasteiger partial charge >= 0.3 is 6.18 Å². The van der Waals surface area contributed by atoms with Gasteiger partial charge in [-0.05, 0) is 17.7 Å². The fourth-order valence-electron chi connectivity index (χ4n) is 2.01. The minimum atomic E-state index is -4.40. The van der Waals surface area contributed by atoms with Crippen molar-refractivity contribution in [3.8, 4) is 5.88 Å². The first-order valence-corrected chi connectivity index (χ1v) is 6.91. The Hall–Kier alpha value is -2.35. The molecular formula is C14H10ClF3N4O. The Morgan fingerprint density at radius 1 is 1.17 bits per heavy atom. The summed E-state index contributed by atoms with van der Waals surface area (Å²) >= 11 is 5.98. The maximum Gasteiger partial charge on any atom is 0.422 e. The third-order valence-electron chi connectivity index (χ3n) is 2.96. The van der Waals surface area contributed by atoms with E-state index in [0.29, 0.717) is 28.2 Å². The summed E-state index contributed by atoms with van der Waals surface area (Å²) in [7, 11) is 0. The second-order valence-corrected chi connectivity index (χ2v) is 5.13. The first kappa shape index (κ1) is 15.5. The van der Waals surface area contributed by atoms with E-state index < -0.39 is 12.8 Å². The molecule has 0 aliphatic rings. The van der Waals surface area contributed by atoms with Gasteiger partial charge in [0.2, 0.25) is 5.88 Å². The van der Waals surface area contributed by atoms with Crippen molar-refractivity contribution >= 4 is 22.5 Å². The summed E-state index contributed by atoms with van der Waals surface area (Å²) < 4.78 is 42.7. The van der Waals surface area contributed by atoms with Crippen LogP contribution >= 0.6 is 11.6 Å². The van der Waals surface area contributed by atoms with Gasteiger partial charge in [0, 0.05) is 24.7 Å². The Morgan fingerprint density at radius 3 is 2.70 bits per heavy atom. The van der Waals surface area contributed by atoms with Crippen LogP contribution in [-0.4, -0.2) is 32.5 Å². The van der Waals surface area contributed by atoms with E-state index in [2.05, 4.69) is 19.8 Å². The van der Waals surface area contributed by atoms with Crippen molar-refractivity contribution in [3.63, 3.8) is 0 Å². The van der Waals surface area contributed by atoms with Crippen LogP contribution in [0, 0.1) is 0 Å². The third kappa shape index (κ3) is 3.89. The number of fused-ring (bicyclic) bond motifs is 1. The zero-order chi connectivity index (χ0) is 16.4.